The Labute approximate surface area is 147 Å². The zero-order valence-corrected chi connectivity index (χ0v) is 14.6. The molecule has 1 aliphatic heterocycles. The number of carbonyl (C=O) groups is 2. The molecule has 0 bridgehead atoms. The largest absolute Gasteiger partial charge is 0.441 e. The van der Waals surface area contributed by atoms with Crippen molar-refractivity contribution in [2.24, 2.45) is 0 Å². The summed E-state index contributed by atoms with van der Waals surface area (Å²) >= 11 is 0. The fourth-order valence-electron chi connectivity index (χ4n) is 3.21. The van der Waals surface area contributed by atoms with E-state index in [1.807, 2.05) is 37.3 Å². The van der Waals surface area contributed by atoms with E-state index in [0.29, 0.717) is 30.3 Å². The van der Waals surface area contributed by atoms with Crippen molar-refractivity contribution in [2.45, 2.75) is 38.6 Å². The van der Waals surface area contributed by atoms with Crippen LogP contribution in [-0.4, -0.2) is 41.3 Å². The number of aryl methyl sites for hydroxylation is 1. The van der Waals surface area contributed by atoms with Gasteiger partial charge in [-0.1, -0.05) is 18.2 Å². The minimum atomic E-state index is -0.382. The summed E-state index contributed by atoms with van der Waals surface area (Å²) in [6, 6.07) is 9.22. The average molecular weight is 341 g/mol. The first-order valence-corrected chi connectivity index (χ1v) is 8.63. The van der Waals surface area contributed by atoms with E-state index >= 15 is 0 Å². The third-order valence-corrected chi connectivity index (χ3v) is 4.60. The lowest BCUT2D eigenvalue weighted by Gasteiger charge is -2.34. The number of hydrogen-bond acceptors (Lipinski definition) is 4. The lowest BCUT2D eigenvalue weighted by atomic mass is 10.0. The summed E-state index contributed by atoms with van der Waals surface area (Å²) < 4.78 is 5.72. The molecule has 25 heavy (non-hydrogen) atoms. The second-order valence-corrected chi connectivity index (χ2v) is 6.28. The highest BCUT2D eigenvalue weighted by Gasteiger charge is 2.32. The predicted octanol–water partition coefficient (Wildman–Crippen LogP) is 2.32. The summed E-state index contributed by atoms with van der Waals surface area (Å²) in [5.74, 6) is 0.974. The van der Waals surface area contributed by atoms with Crippen LogP contribution >= 0.6 is 0 Å². The van der Waals surface area contributed by atoms with Crippen LogP contribution in [-0.2, 0) is 16.0 Å². The van der Waals surface area contributed by atoms with Crippen LogP contribution in [0.4, 0.5) is 0 Å². The average Bonchev–Trinajstić information content (AvgIpc) is 3.02. The highest BCUT2D eigenvalue weighted by atomic mass is 16.4. The molecule has 3 rings (SSSR count). The molecule has 6 heteroatoms. The van der Waals surface area contributed by atoms with Gasteiger partial charge in [-0.15, -0.1) is 0 Å². The Morgan fingerprint density at radius 1 is 1.28 bits per heavy atom. The molecule has 1 N–H and O–H groups in total. The molecule has 2 amide bonds. The van der Waals surface area contributed by atoms with Crippen molar-refractivity contribution in [1.29, 1.82) is 0 Å². The lowest BCUT2D eigenvalue weighted by Crippen LogP contribution is -2.51. The van der Waals surface area contributed by atoms with Gasteiger partial charge in [0.1, 0.15) is 11.8 Å². The molecule has 1 atom stereocenters. The lowest BCUT2D eigenvalue weighted by molar-refractivity contribution is -0.141. The Bertz CT molecular complexity index is 755. The molecule has 0 saturated carbocycles. The van der Waals surface area contributed by atoms with Gasteiger partial charge in [-0.05, 0) is 38.3 Å². The third-order valence-electron chi connectivity index (χ3n) is 4.60. The molecule has 2 heterocycles. The SMILES string of the molecule is CNC(=O)[C@H]1CCCCN1C(=O)Cc1nc(-c2ccccc2)oc1C. The second kappa shape index (κ2) is 7.51. The third kappa shape index (κ3) is 3.73. The normalized spacial score (nSPS) is 17.4. The molecular weight excluding hydrogens is 318 g/mol. The number of carbonyl (C=O) groups excluding carboxylic acids is 2. The van der Waals surface area contributed by atoms with E-state index in [2.05, 4.69) is 10.3 Å². The van der Waals surface area contributed by atoms with Crippen LogP contribution in [0.25, 0.3) is 11.5 Å². The van der Waals surface area contributed by atoms with Crippen LogP contribution in [0.5, 0.6) is 0 Å². The van der Waals surface area contributed by atoms with Gasteiger partial charge in [0.15, 0.2) is 0 Å². The summed E-state index contributed by atoms with van der Waals surface area (Å²) in [5.41, 5.74) is 1.51. The fraction of sp³-hybridized carbons (Fsp3) is 0.421. The monoisotopic (exact) mass is 341 g/mol. The highest BCUT2D eigenvalue weighted by Crippen LogP contribution is 2.23. The number of hydrogen-bond donors (Lipinski definition) is 1. The van der Waals surface area contributed by atoms with Crippen molar-refractivity contribution in [2.75, 3.05) is 13.6 Å². The van der Waals surface area contributed by atoms with Gasteiger partial charge in [0.25, 0.3) is 0 Å². The molecule has 1 fully saturated rings. The molecule has 1 aliphatic rings. The standard InChI is InChI=1S/C19H23N3O3/c1-13-15(21-19(25-13)14-8-4-3-5-9-14)12-17(23)22-11-7-6-10-16(22)18(24)20-2/h3-5,8-9,16H,6-7,10-12H2,1-2H3,(H,20,24)/t16-/m1/s1. The maximum absolute atomic E-state index is 12.8. The molecule has 132 valence electrons. The number of aromatic nitrogens is 1. The fourth-order valence-corrected chi connectivity index (χ4v) is 3.21. The maximum Gasteiger partial charge on any atom is 0.242 e. The maximum atomic E-state index is 12.8. The van der Waals surface area contributed by atoms with Crippen LogP contribution in [0.15, 0.2) is 34.7 Å². The molecule has 1 aromatic heterocycles. The molecule has 2 aromatic rings. The number of nitrogens with one attached hydrogen (secondary N) is 1. The number of amides is 2. The molecule has 0 unspecified atom stereocenters. The van der Waals surface area contributed by atoms with Crippen LogP contribution in [0, 0.1) is 6.92 Å². The molecule has 0 spiro atoms. The number of nitrogens with zero attached hydrogens (tertiary/aromatic N) is 2. The van der Waals surface area contributed by atoms with Gasteiger partial charge in [0.05, 0.1) is 12.1 Å². The molecule has 1 saturated heterocycles. The van der Waals surface area contributed by atoms with Crippen molar-refractivity contribution < 1.29 is 14.0 Å². The van der Waals surface area contributed by atoms with E-state index in [1.165, 1.54) is 0 Å². The van der Waals surface area contributed by atoms with E-state index < -0.39 is 0 Å². The van der Waals surface area contributed by atoms with Gasteiger partial charge in [0, 0.05) is 19.2 Å². The van der Waals surface area contributed by atoms with Crippen molar-refractivity contribution in [3.63, 3.8) is 0 Å². The van der Waals surface area contributed by atoms with Crippen LogP contribution in [0.1, 0.15) is 30.7 Å². The topological polar surface area (TPSA) is 75.4 Å². The Balaban J connectivity index is 1.76. The summed E-state index contributed by atoms with van der Waals surface area (Å²) in [6.07, 6.45) is 2.74. The number of rotatable bonds is 4. The Morgan fingerprint density at radius 2 is 2.04 bits per heavy atom. The number of likely N-dealkylation sites (tertiary alicyclic amines) is 1. The van der Waals surface area contributed by atoms with Gasteiger partial charge in [-0.25, -0.2) is 4.98 Å². The molecule has 0 radical (unpaired) electrons. The van der Waals surface area contributed by atoms with Gasteiger partial charge < -0.3 is 14.6 Å². The summed E-state index contributed by atoms with van der Waals surface area (Å²) in [7, 11) is 1.60. The molecule has 1 aromatic carbocycles. The predicted molar refractivity (Wildman–Crippen MR) is 93.8 cm³/mol. The smallest absolute Gasteiger partial charge is 0.242 e. The molecule has 0 aliphatic carbocycles. The minimum Gasteiger partial charge on any atom is -0.441 e. The van der Waals surface area contributed by atoms with E-state index in [4.69, 9.17) is 4.42 Å². The Hall–Kier alpha value is -2.63. The summed E-state index contributed by atoms with van der Waals surface area (Å²) in [6.45, 7) is 2.42. The van der Waals surface area contributed by atoms with Crippen LogP contribution in [0.3, 0.4) is 0 Å². The first kappa shape index (κ1) is 17.2. The van der Waals surface area contributed by atoms with E-state index in [0.717, 1.165) is 18.4 Å². The van der Waals surface area contributed by atoms with Gasteiger partial charge in [0.2, 0.25) is 17.7 Å². The second-order valence-electron chi connectivity index (χ2n) is 6.28. The van der Waals surface area contributed by atoms with Gasteiger partial charge >= 0.3 is 0 Å². The van der Waals surface area contributed by atoms with Crippen LogP contribution < -0.4 is 5.32 Å². The number of piperidine rings is 1. The number of likely N-dealkylation sites (N-methyl/N-ethyl adjacent to an activating group) is 1. The highest BCUT2D eigenvalue weighted by molar-refractivity contribution is 5.88. The van der Waals surface area contributed by atoms with E-state index in [1.54, 1.807) is 11.9 Å². The van der Waals surface area contributed by atoms with Crippen molar-refractivity contribution in [1.82, 2.24) is 15.2 Å². The number of benzene rings is 1. The van der Waals surface area contributed by atoms with Crippen molar-refractivity contribution in [3.05, 3.63) is 41.8 Å². The van der Waals surface area contributed by atoms with E-state index in [-0.39, 0.29) is 24.3 Å². The van der Waals surface area contributed by atoms with Crippen LogP contribution in [0.2, 0.25) is 0 Å². The van der Waals surface area contributed by atoms with Gasteiger partial charge in [-0.3, -0.25) is 9.59 Å². The molecule has 6 nitrogen and oxygen atoms in total. The minimum absolute atomic E-state index is 0.0793. The Kier molecular flexibility index (Phi) is 5.16. The Morgan fingerprint density at radius 3 is 2.76 bits per heavy atom. The van der Waals surface area contributed by atoms with Crippen molar-refractivity contribution in [3.8, 4) is 11.5 Å². The zero-order valence-electron chi connectivity index (χ0n) is 14.6. The summed E-state index contributed by atoms with van der Waals surface area (Å²) in [5, 5.41) is 2.65. The zero-order chi connectivity index (χ0) is 17.8. The number of oxazole rings is 1. The quantitative estimate of drug-likeness (QED) is 0.926. The molecular formula is C19H23N3O3. The first-order chi connectivity index (χ1) is 12.1. The van der Waals surface area contributed by atoms with Crippen molar-refractivity contribution >= 4 is 11.8 Å². The first-order valence-electron chi connectivity index (χ1n) is 8.63. The summed E-state index contributed by atoms with van der Waals surface area (Å²) in [4.78, 5) is 31.0. The van der Waals surface area contributed by atoms with Gasteiger partial charge in [-0.2, -0.15) is 0 Å². The van der Waals surface area contributed by atoms with E-state index in [9.17, 15) is 9.59 Å².